The van der Waals surface area contributed by atoms with E-state index in [-0.39, 0.29) is 0 Å². The molecule has 4 nitrogen and oxygen atoms in total. The van der Waals surface area contributed by atoms with Crippen LogP contribution in [0.15, 0.2) is 16.5 Å². The number of nitrogens with zero attached hydrogens (tertiary/aromatic N) is 1. The molecule has 2 saturated heterocycles. The average molecular weight is 236 g/mol. The van der Waals surface area contributed by atoms with E-state index in [1.807, 2.05) is 13.0 Å². The fourth-order valence-electron chi connectivity index (χ4n) is 2.86. The van der Waals surface area contributed by atoms with Crippen molar-refractivity contribution in [1.82, 2.24) is 10.2 Å². The van der Waals surface area contributed by atoms with Gasteiger partial charge < -0.3 is 14.5 Å². The minimum atomic E-state index is 0.355. The van der Waals surface area contributed by atoms with Gasteiger partial charge in [0, 0.05) is 19.1 Å². The molecule has 0 bridgehead atoms. The van der Waals surface area contributed by atoms with Crippen molar-refractivity contribution in [2.75, 3.05) is 26.2 Å². The lowest BCUT2D eigenvalue weighted by atomic mass is 10.00. The van der Waals surface area contributed by atoms with Gasteiger partial charge in [0.15, 0.2) is 0 Å². The van der Waals surface area contributed by atoms with E-state index < -0.39 is 0 Å². The van der Waals surface area contributed by atoms with E-state index in [4.69, 9.17) is 9.15 Å². The lowest BCUT2D eigenvalue weighted by Gasteiger charge is -2.43. The number of furan rings is 1. The Hall–Kier alpha value is -0.840. The second-order valence-corrected chi connectivity index (χ2v) is 4.95. The molecule has 3 rings (SSSR count). The predicted octanol–water partition coefficient (Wildman–Crippen LogP) is 1.15. The average Bonchev–Trinajstić information content (AvgIpc) is 2.75. The van der Waals surface area contributed by atoms with Crippen LogP contribution in [0.2, 0.25) is 0 Å². The smallest absolute Gasteiger partial charge is 0.118 e. The largest absolute Gasteiger partial charge is 0.465 e. The van der Waals surface area contributed by atoms with Crippen LogP contribution in [0.4, 0.5) is 0 Å². The first-order valence-electron chi connectivity index (χ1n) is 6.44. The number of piperidine rings is 1. The third-order valence-electron chi connectivity index (χ3n) is 3.73. The number of ether oxygens (including phenoxy) is 1. The van der Waals surface area contributed by atoms with Gasteiger partial charge in [0.1, 0.15) is 11.5 Å². The first-order valence-corrected chi connectivity index (χ1v) is 6.44. The summed E-state index contributed by atoms with van der Waals surface area (Å²) in [4.78, 5) is 2.51. The molecule has 0 radical (unpaired) electrons. The molecule has 1 aromatic heterocycles. The van der Waals surface area contributed by atoms with Gasteiger partial charge in [-0.05, 0) is 32.0 Å². The third-order valence-corrected chi connectivity index (χ3v) is 3.73. The molecule has 2 aliphatic rings. The van der Waals surface area contributed by atoms with Crippen molar-refractivity contribution < 1.29 is 9.15 Å². The van der Waals surface area contributed by atoms with Crippen LogP contribution >= 0.6 is 0 Å². The van der Waals surface area contributed by atoms with Gasteiger partial charge in [0.25, 0.3) is 0 Å². The van der Waals surface area contributed by atoms with Gasteiger partial charge in [-0.2, -0.15) is 0 Å². The van der Waals surface area contributed by atoms with Gasteiger partial charge in [-0.3, -0.25) is 4.90 Å². The number of nitrogens with one attached hydrogen (secondary N) is 1. The van der Waals surface area contributed by atoms with Crippen LogP contribution in [0.1, 0.15) is 17.9 Å². The Balaban J connectivity index is 1.68. The molecule has 0 saturated carbocycles. The number of fused-ring (bicyclic) bond motifs is 1. The maximum atomic E-state index is 5.82. The van der Waals surface area contributed by atoms with E-state index in [1.54, 1.807) is 0 Å². The molecule has 3 heterocycles. The van der Waals surface area contributed by atoms with Gasteiger partial charge in [0.2, 0.25) is 0 Å². The summed E-state index contributed by atoms with van der Waals surface area (Å²) in [7, 11) is 0. The summed E-state index contributed by atoms with van der Waals surface area (Å²) in [5.74, 6) is 2.07. The van der Waals surface area contributed by atoms with Crippen LogP contribution in [-0.4, -0.2) is 43.3 Å². The Morgan fingerprint density at radius 3 is 3.24 bits per heavy atom. The minimum absolute atomic E-state index is 0.355. The monoisotopic (exact) mass is 236 g/mol. The zero-order valence-corrected chi connectivity index (χ0v) is 10.3. The molecule has 17 heavy (non-hydrogen) atoms. The Kier molecular flexibility index (Phi) is 3.18. The second kappa shape index (κ2) is 4.80. The summed E-state index contributed by atoms with van der Waals surface area (Å²) in [6.07, 6.45) is 1.53. The topological polar surface area (TPSA) is 37.6 Å². The lowest BCUT2D eigenvalue weighted by molar-refractivity contribution is -0.0859. The Morgan fingerprint density at radius 2 is 2.41 bits per heavy atom. The van der Waals surface area contributed by atoms with Gasteiger partial charge in [-0.25, -0.2) is 0 Å². The molecule has 2 fully saturated rings. The lowest BCUT2D eigenvalue weighted by Crippen LogP contribution is -2.57. The van der Waals surface area contributed by atoms with E-state index in [0.717, 1.165) is 44.3 Å². The zero-order chi connectivity index (χ0) is 11.7. The van der Waals surface area contributed by atoms with Crippen molar-refractivity contribution in [3.05, 3.63) is 23.7 Å². The minimum Gasteiger partial charge on any atom is -0.465 e. The molecule has 0 amide bonds. The summed E-state index contributed by atoms with van der Waals surface area (Å²) in [5, 5.41) is 3.40. The standard InChI is InChI=1S/C13H20N2O2/c1-10-2-3-11(17-10)9-15-6-7-16-13-8-14-5-4-12(13)15/h2-3,12-14H,4-9H2,1H3/t12-,13?/m0/s1. The zero-order valence-electron chi connectivity index (χ0n) is 10.3. The fraction of sp³-hybridized carbons (Fsp3) is 0.692. The second-order valence-electron chi connectivity index (χ2n) is 4.95. The molecule has 2 aliphatic heterocycles. The Labute approximate surface area is 102 Å². The molecule has 0 aromatic carbocycles. The van der Waals surface area contributed by atoms with Crippen LogP contribution in [0, 0.1) is 6.92 Å². The van der Waals surface area contributed by atoms with Gasteiger partial charge in [0.05, 0.1) is 19.3 Å². The predicted molar refractivity (Wildman–Crippen MR) is 64.9 cm³/mol. The van der Waals surface area contributed by atoms with E-state index in [0.29, 0.717) is 12.1 Å². The van der Waals surface area contributed by atoms with Gasteiger partial charge in [-0.1, -0.05) is 0 Å². The molecule has 0 aliphatic carbocycles. The highest BCUT2D eigenvalue weighted by molar-refractivity contribution is 5.06. The van der Waals surface area contributed by atoms with Crippen molar-refractivity contribution in [1.29, 1.82) is 0 Å². The summed E-state index contributed by atoms with van der Waals surface area (Å²) in [6, 6.07) is 4.67. The molecule has 94 valence electrons. The maximum absolute atomic E-state index is 5.82. The van der Waals surface area contributed by atoms with Crippen molar-refractivity contribution in [3.63, 3.8) is 0 Å². The van der Waals surface area contributed by atoms with Gasteiger partial charge in [-0.15, -0.1) is 0 Å². The number of hydrogen-bond acceptors (Lipinski definition) is 4. The normalized spacial score (nSPS) is 30.2. The van der Waals surface area contributed by atoms with Crippen LogP contribution in [0.3, 0.4) is 0 Å². The van der Waals surface area contributed by atoms with Crippen molar-refractivity contribution in [3.8, 4) is 0 Å². The number of rotatable bonds is 2. The molecule has 1 unspecified atom stereocenters. The van der Waals surface area contributed by atoms with E-state index in [1.165, 1.54) is 6.42 Å². The van der Waals surface area contributed by atoms with Crippen LogP contribution in [0.5, 0.6) is 0 Å². The van der Waals surface area contributed by atoms with E-state index >= 15 is 0 Å². The molecule has 2 atom stereocenters. The first kappa shape index (κ1) is 11.3. The van der Waals surface area contributed by atoms with Crippen LogP contribution in [-0.2, 0) is 11.3 Å². The molecular weight excluding hydrogens is 216 g/mol. The quantitative estimate of drug-likeness (QED) is 0.836. The van der Waals surface area contributed by atoms with Crippen molar-refractivity contribution in [2.24, 2.45) is 0 Å². The highest BCUT2D eigenvalue weighted by atomic mass is 16.5. The summed E-state index contributed by atoms with van der Waals surface area (Å²) in [6.45, 7) is 6.84. The molecule has 0 spiro atoms. The van der Waals surface area contributed by atoms with Crippen LogP contribution < -0.4 is 5.32 Å². The van der Waals surface area contributed by atoms with Crippen molar-refractivity contribution in [2.45, 2.75) is 32.0 Å². The molecular formula is C13H20N2O2. The van der Waals surface area contributed by atoms with E-state index in [2.05, 4.69) is 16.3 Å². The number of hydrogen-bond donors (Lipinski definition) is 1. The highest BCUT2D eigenvalue weighted by Crippen LogP contribution is 2.22. The Morgan fingerprint density at radius 1 is 1.47 bits per heavy atom. The fourth-order valence-corrected chi connectivity index (χ4v) is 2.86. The molecule has 1 N–H and O–H groups in total. The molecule has 1 aromatic rings. The summed E-state index contributed by atoms with van der Waals surface area (Å²) < 4.78 is 11.5. The molecule has 4 heteroatoms. The maximum Gasteiger partial charge on any atom is 0.118 e. The number of aryl methyl sites for hydroxylation is 1. The van der Waals surface area contributed by atoms with Crippen LogP contribution in [0.25, 0.3) is 0 Å². The first-order chi connectivity index (χ1) is 8.33. The van der Waals surface area contributed by atoms with E-state index in [9.17, 15) is 0 Å². The van der Waals surface area contributed by atoms with Crippen molar-refractivity contribution >= 4 is 0 Å². The SMILES string of the molecule is Cc1ccc(CN2CCOC3CNCC[C@@H]32)o1. The Bertz CT molecular complexity index is 375. The number of morpholine rings is 1. The summed E-state index contributed by atoms with van der Waals surface area (Å²) >= 11 is 0. The third kappa shape index (κ3) is 2.39. The highest BCUT2D eigenvalue weighted by Gasteiger charge is 2.34. The van der Waals surface area contributed by atoms with Gasteiger partial charge >= 0.3 is 0 Å². The summed E-state index contributed by atoms with van der Waals surface area (Å²) in [5.41, 5.74) is 0.